The molecule has 1 atom stereocenters. The lowest BCUT2D eigenvalue weighted by atomic mass is 9.96. The minimum Gasteiger partial charge on any atom is -0.398 e. The summed E-state index contributed by atoms with van der Waals surface area (Å²) in [5, 5.41) is 0. The molecule has 19 heavy (non-hydrogen) atoms. The number of aryl methyl sites for hydroxylation is 1. The molecule has 1 aliphatic rings. The fraction of sp³-hybridized carbons (Fsp3) is 0.667. The van der Waals surface area contributed by atoms with Gasteiger partial charge in [-0.25, -0.2) is 0 Å². The molecule has 1 aromatic heterocycles. The van der Waals surface area contributed by atoms with Crippen LogP contribution in [0.5, 0.6) is 0 Å². The van der Waals surface area contributed by atoms with Gasteiger partial charge in [0.25, 0.3) is 5.91 Å². The first-order valence-electron chi connectivity index (χ1n) is 7.27. The van der Waals surface area contributed by atoms with Gasteiger partial charge in [0.2, 0.25) is 0 Å². The summed E-state index contributed by atoms with van der Waals surface area (Å²) in [6, 6.07) is 1.83. The number of nitrogens with two attached hydrogens (primary N) is 1. The summed E-state index contributed by atoms with van der Waals surface area (Å²) in [7, 11) is 0. The van der Waals surface area contributed by atoms with Crippen LogP contribution in [0, 0.1) is 12.8 Å². The van der Waals surface area contributed by atoms with E-state index in [2.05, 4.69) is 6.92 Å². The molecule has 1 unspecified atom stereocenters. The van der Waals surface area contributed by atoms with Crippen molar-refractivity contribution in [3.8, 4) is 0 Å². The molecule has 0 aliphatic carbocycles. The average Bonchev–Trinajstić information content (AvgIpc) is 2.61. The Morgan fingerprint density at radius 1 is 1.47 bits per heavy atom. The van der Waals surface area contributed by atoms with Crippen LogP contribution in [0.15, 0.2) is 6.07 Å². The van der Waals surface area contributed by atoms with Gasteiger partial charge in [-0.05, 0) is 38.2 Å². The van der Waals surface area contributed by atoms with Gasteiger partial charge in [0, 0.05) is 23.7 Å². The first-order valence-corrected chi connectivity index (χ1v) is 8.08. The molecule has 0 aromatic carbocycles. The van der Waals surface area contributed by atoms with Crippen LogP contribution in [-0.4, -0.2) is 23.9 Å². The maximum Gasteiger partial charge on any atom is 0.264 e. The zero-order valence-electron chi connectivity index (χ0n) is 11.9. The van der Waals surface area contributed by atoms with Gasteiger partial charge in [-0.1, -0.05) is 19.8 Å². The summed E-state index contributed by atoms with van der Waals surface area (Å²) in [4.78, 5) is 16.3. The fourth-order valence-electron chi connectivity index (χ4n) is 2.82. The summed E-state index contributed by atoms with van der Waals surface area (Å²) in [5.41, 5.74) is 6.58. The van der Waals surface area contributed by atoms with E-state index in [-0.39, 0.29) is 5.91 Å². The third-order valence-corrected chi connectivity index (χ3v) is 5.05. The molecule has 4 heteroatoms. The van der Waals surface area contributed by atoms with E-state index in [4.69, 9.17) is 5.73 Å². The Morgan fingerprint density at radius 3 is 2.89 bits per heavy atom. The van der Waals surface area contributed by atoms with E-state index in [1.54, 1.807) is 0 Å². The van der Waals surface area contributed by atoms with Gasteiger partial charge in [0.1, 0.15) is 0 Å². The predicted molar refractivity (Wildman–Crippen MR) is 81.6 cm³/mol. The number of hydrogen-bond acceptors (Lipinski definition) is 3. The lowest BCUT2D eigenvalue weighted by Gasteiger charge is -2.19. The number of carbonyl (C=O) groups is 1. The fourth-order valence-corrected chi connectivity index (χ4v) is 3.73. The Morgan fingerprint density at radius 2 is 2.26 bits per heavy atom. The molecule has 0 saturated carbocycles. The zero-order valence-corrected chi connectivity index (χ0v) is 12.8. The summed E-state index contributed by atoms with van der Waals surface area (Å²) >= 11 is 1.52. The van der Waals surface area contributed by atoms with Crippen molar-refractivity contribution in [3.05, 3.63) is 15.8 Å². The van der Waals surface area contributed by atoms with Crippen molar-refractivity contribution >= 4 is 22.9 Å². The Kier molecular flexibility index (Phi) is 4.86. The highest BCUT2D eigenvalue weighted by Gasteiger charge is 2.22. The second-order valence-corrected chi connectivity index (χ2v) is 6.76. The highest BCUT2D eigenvalue weighted by atomic mass is 32.1. The van der Waals surface area contributed by atoms with Crippen LogP contribution in [0.3, 0.4) is 0 Å². The Labute approximate surface area is 119 Å². The molecule has 1 saturated heterocycles. The van der Waals surface area contributed by atoms with Gasteiger partial charge in [-0.2, -0.15) is 0 Å². The van der Waals surface area contributed by atoms with E-state index < -0.39 is 0 Å². The number of nitrogen functional groups attached to an aromatic ring is 1. The van der Waals surface area contributed by atoms with Gasteiger partial charge >= 0.3 is 0 Å². The van der Waals surface area contributed by atoms with Gasteiger partial charge in [-0.15, -0.1) is 11.3 Å². The van der Waals surface area contributed by atoms with Gasteiger partial charge in [0.15, 0.2) is 0 Å². The van der Waals surface area contributed by atoms with E-state index >= 15 is 0 Å². The number of likely N-dealkylation sites (tertiary alicyclic amines) is 1. The van der Waals surface area contributed by atoms with Gasteiger partial charge in [0.05, 0.1) is 4.88 Å². The molecule has 0 radical (unpaired) electrons. The predicted octanol–water partition coefficient (Wildman–Crippen LogP) is 3.68. The third-order valence-electron chi connectivity index (χ3n) is 4.00. The smallest absolute Gasteiger partial charge is 0.264 e. The average molecular weight is 280 g/mol. The summed E-state index contributed by atoms with van der Waals surface area (Å²) in [6.07, 6.45) is 6.10. The number of hydrogen-bond donors (Lipinski definition) is 1. The number of anilines is 1. The maximum atomic E-state index is 12.5. The molecule has 1 amide bonds. The highest BCUT2D eigenvalue weighted by Crippen LogP contribution is 2.27. The van der Waals surface area contributed by atoms with Gasteiger partial charge in [-0.3, -0.25) is 4.79 Å². The Balaban J connectivity index is 1.99. The topological polar surface area (TPSA) is 46.3 Å². The number of thiophene rings is 1. The molecule has 1 aromatic rings. The summed E-state index contributed by atoms with van der Waals surface area (Å²) in [6.45, 7) is 6.01. The van der Waals surface area contributed by atoms with Crippen LogP contribution in [0.25, 0.3) is 0 Å². The number of amides is 1. The monoisotopic (exact) mass is 280 g/mol. The molecule has 2 rings (SSSR count). The SMILES string of the molecule is CCCC1CCCN(C(=O)c2cc(N)c(C)s2)CC1. The van der Waals surface area contributed by atoms with Crippen molar-refractivity contribution in [2.24, 2.45) is 5.92 Å². The lowest BCUT2D eigenvalue weighted by Crippen LogP contribution is -2.31. The summed E-state index contributed by atoms with van der Waals surface area (Å²) < 4.78 is 0. The van der Waals surface area contributed by atoms with Crippen molar-refractivity contribution in [2.75, 3.05) is 18.8 Å². The van der Waals surface area contributed by atoms with Crippen molar-refractivity contribution in [1.82, 2.24) is 4.90 Å². The molecule has 2 heterocycles. The quantitative estimate of drug-likeness (QED) is 0.918. The van der Waals surface area contributed by atoms with Crippen molar-refractivity contribution in [2.45, 2.75) is 46.0 Å². The Hall–Kier alpha value is -1.03. The van der Waals surface area contributed by atoms with E-state index in [0.29, 0.717) is 0 Å². The number of carbonyl (C=O) groups excluding carboxylic acids is 1. The highest BCUT2D eigenvalue weighted by molar-refractivity contribution is 7.14. The van der Waals surface area contributed by atoms with Crippen LogP contribution >= 0.6 is 11.3 Å². The van der Waals surface area contributed by atoms with Crippen LogP contribution in [0.4, 0.5) is 5.69 Å². The lowest BCUT2D eigenvalue weighted by molar-refractivity contribution is 0.0764. The van der Waals surface area contributed by atoms with E-state index in [9.17, 15) is 4.79 Å². The van der Waals surface area contributed by atoms with Crippen LogP contribution in [-0.2, 0) is 0 Å². The van der Waals surface area contributed by atoms with Crippen molar-refractivity contribution in [1.29, 1.82) is 0 Å². The molecular weight excluding hydrogens is 256 g/mol. The normalized spacial score (nSPS) is 20.3. The van der Waals surface area contributed by atoms with Crippen LogP contribution in [0.1, 0.15) is 53.6 Å². The minimum atomic E-state index is 0.168. The summed E-state index contributed by atoms with van der Waals surface area (Å²) in [5.74, 6) is 0.972. The van der Waals surface area contributed by atoms with Crippen molar-refractivity contribution < 1.29 is 4.79 Å². The first kappa shape index (κ1) is 14.4. The first-order chi connectivity index (χ1) is 9.11. The van der Waals surface area contributed by atoms with E-state index in [1.165, 1.54) is 30.6 Å². The molecular formula is C15H24N2OS. The van der Waals surface area contributed by atoms with Crippen LogP contribution in [0.2, 0.25) is 0 Å². The Bertz CT molecular complexity index is 422. The van der Waals surface area contributed by atoms with Crippen molar-refractivity contribution in [3.63, 3.8) is 0 Å². The molecule has 1 aliphatic heterocycles. The number of rotatable bonds is 3. The van der Waals surface area contributed by atoms with Crippen LogP contribution < -0.4 is 5.73 Å². The second kappa shape index (κ2) is 6.42. The standard InChI is InChI=1S/C15H24N2OS/c1-3-5-12-6-4-8-17(9-7-12)15(18)14-10-13(16)11(2)19-14/h10,12H,3-9,16H2,1-2H3. The molecule has 3 nitrogen and oxygen atoms in total. The second-order valence-electron chi connectivity index (χ2n) is 5.50. The van der Waals surface area contributed by atoms with Gasteiger partial charge < -0.3 is 10.6 Å². The van der Waals surface area contributed by atoms with E-state index in [1.807, 2.05) is 17.9 Å². The minimum absolute atomic E-state index is 0.168. The largest absolute Gasteiger partial charge is 0.398 e. The molecule has 106 valence electrons. The number of nitrogens with zero attached hydrogens (tertiary/aromatic N) is 1. The molecule has 0 bridgehead atoms. The molecule has 1 fully saturated rings. The maximum absolute atomic E-state index is 12.5. The zero-order chi connectivity index (χ0) is 13.8. The third kappa shape index (κ3) is 3.50. The van der Waals surface area contributed by atoms with E-state index in [0.717, 1.165) is 47.3 Å². The molecule has 0 spiro atoms. The molecule has 2 N–H and O–H groups in total.